The average Bonchev–Trinajstić information content (AvgIpc) is 3.55. The van der Waals surface area contributed by atoms with E-state index >= 15 is 0 Å². The number of anilines is 1. The lowest BCUT2D eigenvalue weighted by Gasteiger charge is -2.42. The summed E-state index contributed by atoms with van der Waals surface area (Å²) >= 11 is 0. The van der Waals surface area contributed by atoms with Crippen LogP contribution in [0.3, 0.4) is 0 Å². The van der Waals surface area contributed by atoms with Gasteiger partial charge in [-0.05, 0) is 87.4 Å². The van der Waals surface area contributed by atoms with E-state index in [4.69, 9.17) is 0 Å². The maximum Gasteiger partial charge on any atom is 0.322 e. The minimum Gasteiger partial charge on any atom is -0.360 e. The first-order valence-electron chi connectivity index (χ1n) is 17.6. The van der Waals surface area contributed by atoms with Gasteiger partial charge in [-0.2, -0.15) is 5.26 Å². The van der Waals surface area contributed by atoms with Gasteiger partial charge in [0.2, 0.25) is 5.91 Å². The number of benzene rings is 2. The van der Waals surface area contributed by atoms with Crippen molar-refractivity contribution >= 4 is 34.6 Å². The van der Waals surface area contributed by atoms with Gasteiger partial charge in [0, 0.05) is 74.0 Å². The minimum absolute atomic E-state index is 0.0337. The van der Waals surface area contributed by atoms with Crippen LogP contribution < -0.4 is 10.6 Å². The van der Waals surface area contributed by atoms with Crippen LogP contribution in [0.4, 0.5) is 15.3 Å². The van der Waals surface area contributed by atoms with E-state index in [0.29, 0.717) is 63.6 Å². The molecule has 3 fully saturated rings. The molecular formula is C37H46N8O3. The molecule has 11 heteroatoms. The van der Waals surface area contributed by atoms with E-state index < -0.39 is 6.04 Å². The third-order valence-electron chi connectivity index (χ3n) is 10.9. The number of likely N-dealkylation sites (tertiary alicyclic amines) is 3. The average molecular weight is 651 g/mol. The Kier molecular flexibility index (Phi) is 9.26. The van der Waals surface area contributed by atoms with Crippen LogP contribution in [-0.2, 0) is 17.8 Å². The summed E-state index contributed by atoms with van der Waals surface area (Å²) < 4.78 is 0. The summed E-state index contributed by atoms with van der Waals surface area (Å²) in [6, 6.07) is 13.6. The number of nitriles is 1. The molecule has 4 aliphatic heterocycles. The Labute approximate surface area is 282 Å². The third-order valence-corrected chi connectivity index (χ3v) is 10.9. The molecule has 5 heterocycles. The van der Waals surface area contributed by atoms with E-state index in [2.05, 4.69) is 26.6 Å². The van der Waals surface area contributed by atoms with Gasteiger partial charge >= 0.3 is 12.1 Å². The second kappa shape index (κ2) is 13.9. The standard InChI is InChI=1S/C37H46N8O3/c1-25-19-26(20-31-28(22-38)23-39-34(25)31)21-33(35(46)43-15-9-29(10-16-43)42-13-5-2-6-14-42)41-36(47)44-17-11-30(12-18-44)45-24-27-7-3-4-8-32(27)40-37(45)48/h3-4,7-8,19-20,23,29-30,33,39H,2,5-6,9-18,21,24H2,1H3,(H,40,48)(H,41,47). The topological polar surface area (TPSA) is 128 Å². The molecule has 0 saturated carbocycles. The molecule has 3 saturated heterocycles. The molecule has 1 atom stereocenters. The Hall–Kier alpha value is -4.56. The van der Waals surface area contributed by atoms with Crippen LogP contribution in [0.2, 0.25) is 0 Å². The maximum absolute atomic E-state index is 14.2. The molecule has 252 valence electrons. The van der Waals surface area contributed by atoms with Crippen LogP contribution in [0.15, 0.2) is 42.6 Å². The molecule has 0 aliphatic carbocycles. The molecule has 3 N–H and O–H groups in total. The number of para-hydroxylation sites is 1. The van der Waals surface area contributed by atoms with Gasteiger partial charge in [0.15, 0.2) is 0 Å². The number of hydrogen-bond acceptors (Lipinski definition) is 5. The van der Waals surface area contributed by atoms with Gasteiger partial charge < -0.3 is 35.2 Å². The molecule has 0 bridgehead atoms. The van der Waals surface area contributed by atoms with E-state index in [9.17, 15) is 19.6 Å². The van der Waals surface area contributed by atoms with Gasteiger partial charge in [-0.25, -0.2) is 9.59 Å². The molecule has 0 spiro atoms. The summed E-state index contributed by atoms with van der Waals surface area (Å²) in [5.74, 6) is -0.0497. The van der Waals surface area contributed by atoms with Gasteiger partial charge in [0.25, 0.3) is 0 Å². The quantitative estimate of drug-likeness (QED) is 0.348. The van der Waals surface area contributed by atoms with Crippen molar-refractivity contribution in [3.05, 3.63) is 64.8 Å². The van der Waals surface area contributed by atoms with E-state index in [1.165, 1.54) is 19.3 Å². The van der Waals surface area contributed by atoms with Gasteiger partial charge in [-0.1, -0.05) is 30.7 Å². The SMILES string of the molecule is Cc1cc(CC(NC(=O)N2CCC(N3Cc4ccccc4NC3=O)CC2)C(=O)N2CCC(N3CCCCC3)CC2)cc2c(C#N)c[nH]c12. The van der Waals surface area contributed by atoms with Crippen molar-refractivity contribution in [2.24, 2.45) is 0 Å². The Balaban J connectivity index is 1.03. The number of nitrogens with one attached hydrogen (secondary N) is 3. The van der Waals surface area contributed by atoms with E-state index in [-0.39, 0.29) is 24.0 Å². The molecule has 5 amide bonds. The molecule has 7 rings (SSSR count). The number of aryl methyl sites for hydroxylation is 1. The molecule has 3 aromatic rings. The first-order valence-corrected chi connectivity index (χ1v) is 17.6. The highest BCUT2D eigenvalue weighted by Gasteiger charge is 2.35. The number of fused-ring (bicyclic) bond motifs is 2. The van der Waals surface area contributed by atoms with Crippen molar-refractivity contribution < 1.29 is 14.4 Å². The van der Waals surface area contributed by atoms with E-state index in [0.717, 1.165) is 59.2 Å². The number of carbonyl (C=O) groups is 3. The van der Waals surface area contributed by atoms with Crippen molar-refractivity contribution in [2.75, 3.05) is 44.6 Å². The Morgan fingerprint density at radius 3 is 2.42 bits per heavy atom. The van der Waals surface area contributed by atoms with E-state index in [1.54, 1.807) is 11.1 Å². The van der Waals surface area contributed by atoms with Crippen molar-refractivity contribution in [3.63, 3.8) is 0 Å². The monoisotopic (exact) mass is 650 g/mol. The number of rotatable bonds is 6. The van der Waals surface area contributed by atoms with Crippen LogP contribution in [0, 0.1) is 18.3 Å². The summed E-state index contributed by atoms with van der Waals surface area (Å²) in [4.78, 5) is 52.3. The summed E-state index contributed by atoms with van der Waals surface area (Å²) in [5.41, 5.74) is 5.33. The first kappa shape index (κ1) is 32.0. The predicted molar refractivity (Wildman–Crippen MR) is 184 cm³/mol. The number of aromatic amines is 1. The Bertz CT molecular complexity index is 1710. The summed E-state index contributed by atoms with van der Waals surface area (Å²) in [7, 11) is 0. The lowest BCUT2D eigenvalue weighted by molar-refractivity contribution is -0.134. The van der Waals surface area contributed by atoms with Crippen molar-refractivity contribution in [3.8, 4) is 6.07 Å². The zero-order chi connectivity index (χ0) is 33.2. The molecule has 4 aliphatic rings. The van der Waals surface area contributed by atoms with Crippen LogP contribution in [0.1, 0.15) is 67.2 Å². The predicted octanol–water partition coefficient (Wildman–Crippen LogP) is 4.96. The summed E-state index contributed by atoms with van der Waals surface area (Å²) in [6.07, 6.45) is 9.12. The fraction of sp³-hybridized carbons (Fsp3) is 0.514. The zero-order valence-corrected chi connectivity index (χ0v) is 27.8. The number of piperidine rings is 3. The fourth-order valence-electron chi connectivity index (χ4n) is 8.23. The number of urea groups is 2. The number of nitrogens with zero attached hydrogens (tertiary/aromatic N) is 5. The fourth-order valence-corrected chi connectivity index (χ4v) is 8.23. The number of hydrogen-bond donors (Lipinski definition) is 3. The molecule has 1 unspecified atom stereocenters. The van der Waals surface area contributed by atoms with E-state index in [1.807, 2.05) is 53.1 Å². The summed E-state index contributed by atoms with van der Waals surface area (Å²) in [6.45, 7) is 7.23. The minimum atomic E-state index is -0.729. The van der Waals surface area contributed by atoms with Crippen LogP contribution >= 0.6 is 0 Å². The largest absolute Gasteiger partial charge is 0.360 e. The smallest absolute Gasteiger partial charge is 0.322 e. The molecule has 2 aromatic carbocycles. The van der Waals surface area contributed by atoms with Gasteiger partial charge in [-0.3, -0.25) is 4.79 Å². The van der Waals surface area contributed by atoms with Crippen LogP contribution in [-0.4, -0.2) is 99.9 Å². The maximum atomic E-state index is 14.2. The van der Waals surface area contributed by atoms with Gasteiger partial charge in [0.1, 0.15) is 12.1 Å². The Morgan fingerprint density at radius 2 is 1.67 bits per heavy atom. The van der Waals surface area contributed by atoms with Gasteiger partial charge in [-0.15, -0.1) is 0 Å². The third kappa shape index (κ3) is 6.59. The van der Waals surface area contributed by atoms with Crippen LogP contribution in [0.5, 0.6) is 0 Å². The number of H-pyrrole nitrogens is 1. The number of carbonyl (C=O) groups excluding carboxylic acids is 3. The van der Waals surface area contributed by atoms with Crippen molar-refractivity contribution in [1.82, 2.24) is 29.9 Å². The molecule has 48 heavy (non-hydrogen) atoms. The second-order valence-corrected chi connectivity index (χ2v) is 13.9. The number of amides is 5. The lowest BCUT2D eigenvalue weighted by atomic mass is 9.97. The molecule has 11 nitrogen and oxygen atoms in total. The van der Waals surface area contributed by atoms with Crippen molar-refractivity contribution in [2.45, 2.75) is 83.0 Å². The highest BCUT2D eigenvalue weighted by atomic mass is 16.2. The molecule has 1 aromatic heterocycles. The van der Waals surface area contributed by atoms with Gasteiger partial charge in [0.05, 0.1) is 5.56 Å². The first-order chi connectivity index (χ1) is 23.4. The normalized spacial score (nSPS) is 20.2. The molecule has 0 radical (unpaired) electrons. The Morgan fingerprint density at radius 1 is 0.958 bits per heavy atom. The second-order valence-electron chi connectivity index (χ2n) is 13.9. The zero-order valence-electron chi connectivity index (χ0n) is 27.8. The highest BCUT2D eigenvalue weighted by molar-refractivity contribution is 5.93. The van der Waals surface area contributed by atoms with Crippen molar-refractivity contribution in [1.29, 1.82) is 5.26 Å². The summed E-state index contributed by atoms with van der Waals surface area (Å²) in [5, 5.41) is 16.6. The molecular weight excluding hydrogens is 604 g/mol. The van der Waals surface area contributed by atoms with Crippen LogP contribution in [0.25, 0.3) is 10.9 Å². The highest BCUT2D eigenvalue weighted by Crippen LogP contribution is 2.29. The number of aromatic nitrogens is 1. The lowest BCUT2D eigenvalue weighted by Crippen LogP contribution is -2.57.